The van der Waals surface area contributed by atoms with Crippen LogP contribution in [0.3, 0.4) is 0 Å². The predicted octanol–water partition coefficient (Wildman–Crippen LogP) is 2.78. The fourth-order valence-corrected chi connectivity index (χ4v) is 3.74. The van der Waals surface area contributed by atoms with E-state index in [0.717, 1.165) is 23.0 Å². The van der Waals surface area contributed by atoms with Gasteiger partial charge in [-0.05, 0) is 31.2 Å². The summed E-state index contributed by atoms with van der Waals surface area (Å²) in [6.45, 7) is 1.23. The van der Waals surface area contributed by atoms with Crippen LogP contribution in [0.25, 0.3) is 10.9 Å². The molecule has 27 heavy (non-hydrogen) atoms. The molecule has 1 N–H and O–H groups in total. The molecular weight excluding hydrogens is 371 g/mol. The Bertz CT molecular complexity index is 1090. The summed E-state index contributed by atoms with van der Waals surface area (Å²) in [5.41, 5.74) is 1.30. The second kappa shape index (κ2) is 7.81. The third kappa shape index (κ3) is 4.47. The number of carbonyl (C=O) groups excluding carboxylic acids is 1. The Morgan fingerprint density at radius 1 is 1.11 bits per heavy atom. The minimum absolute atomic E-state index is 0.102. The second-order valence-corrected chi connectivity index (χ2v) is 7.56. The number of pyridine rings is 1. The highest BCUT2D eigenvalue weighted by Gasteiger charge is 2.25. The summed E-state index contributed by atoms with van der Waals surface area (Å²) >= 11 is 0. The van der Waals surface area contributed by atoms with Crippen molar-refractivity contribution < 1.29 is 22.3 Å². The van der Waals surface area contributed by atoms with Gasteiger partial charge in [-0.15, -0.1) is 0 Å². The number of aromatic nitrogens is 1. The molecule has 1 heterocycles. The molecule has 1 aromatic heterocycles. The van der Waals surface area contributed by atoms with Gasteiger partial charge in [0.25, 0.3) is 0 Å². The van der Waals surface area contributed by atoms with Crippen LogP contribution in [0.1, 0.15) is 12.6 Å². The largest absolute Gasteiger partial charge is 0.458 e. The number of hydrogen-bond acceptors (Lipinski definition) is 5. The number of halogens is 1. The summed E-state index contributed by atoms with van der Waals surface area (Å²) in [4.78, 5) is 16.0. The molecule has 0 saturated heterocycles. The van der Waals surface area contributed by atoms with Gasteiger partial charge < -0.3 is 4.74 Å². The number of rotatable bonds is 6. The zero-order valence-electron chi connectivity index (χ0n) is 14.4. The van der Waals surface area contributed by atoms with Crippen molar-refractivity contribution in [1.29, 1.82) is 0 Å². The maximum atomic E-state index is 13.7. The quantitative estimate of drug-likeness (QED) is 0.657. The summed E-state index contributed by atoms with van der Waals surface area (Å²) in [6.07, 6.45) is 0. The molecule has 3 aromatic rings. The van der Waals surface area contributed by atoms with Gasteiger partial charge in [0.15, 0.2) is 0 Å². The first-order valence-electron chi connectivity index (χ1n) is 8.15. The number of carbonyl (C=O) groups is 1. The molecule has 0 aliphatic rings. The van der Waals surface area contributed by atoms with Crippen LogP contribution in [-0.4, -0.2) is 25.4 Å². The van der Waals surface area contributed by atoms with Gasteiger partial charge in [-0.2, -0.15) is 4.72 Å². The van der Waals surface area contributed by atoms with Gasteiger partial charge in [0, 0.05) is 5.39 Å². The summed E-state index contributed by atoms with van der Waals surface area (Å²) < 4.78 is 45.4. The fraction of sp³-hybridized carbons (Fsp3) is 0.158. The van der Waals surface area contributed by atoms with Crippen LogP contribution in [-0.2, 0) is 26.2 Å². The first-order chi connectivity index (χ1) is 12.9. The molecule has 1 atom stereocenters. The number of para-hydroxylation sites is 1. The highest BCUT2D eigenvalue weighted by Crippen LogP contribution is 2.15. The molecule has 0 aliphatic carbocycles. The molecule has 0 bridgehead atoms. The molecule has 3 rings (SSSR count). The van der Waals surface area contributed by atoms with E-state index in [1.165, 1.54) is 19.1 Å². The minimum atomic E-state index is -4.19. The van der Waals surface area contributed by atoms with E-state index in [1.807, 2.05) is 30.3 Å². The Morgan fingerprint density at radius 3 is 2.59 bits per heavy atom. The van der Waals surface area contributed by atoms with Crippen molar-refractivity contribution in [3.63, 3.8) is 0 Å². The molecule has 0 unspecified atom stereocenters. The zero-order valence-corrected chi connectivity index (χ0v) is 15.2. The van der Waals surface area contributed by atoms with Crippen molar-refractivity contribution in [2.45, 2.75) is 24.5 Å². The van der Waals surface area contributed by atoms with Crippen molar-refractivity contribution in [2.24, 2.45) is 0 Å². The topological polar surface area (TPSA) is 85.4 Å². The van der Waals surface area contributed by atoms with Crippen LogP contribution in [0.4, 0.5) is 4.39 Å². The number of nitrogens with zero attached hydrogens (tertiary/aromatic N) is 1. The molecule has 140 valence electrons. The standard InChI is InChI=1S/C19H17FN2O4S/c1-13(22-27(24,25)18-9-5-3-7-16(18)20)19(23)26-12-15-11-10-14-6-2-4-8-17(14)21-15/h2-11,13,22H,12H2,1H3/t13-/m0/s1. The summed E-state index contributed by atoms with van der Waals surface area (Å²) in [7, 11) is -4.19. The van der Waals surface area contributed by atoms with Gasteiger partial charge in [-0.25, -0.2) is 17.8 Å². The Hall–Kier alpha value is -2.84. The van der Waals surface area contributed by atoms with Gasteiger partial charge in [-0.1, -0.05) is 36.4 Å². The third-order valence-electron chi connectivity index (χ3n) is 3.83. The van der Waals surface area contributed by atoms with Crippen molar-refractivity contribution in [3.05, 3.63) is 72.2 Å². The first-order valence-corrected chi connectivity index (χ1v) is 9.63. The Balaban J connectivity index is 1.64. The Kier molecular flexibility index (Phi) is 5.48. The molecule has 0 spiro atoms. The number of nitrogens with one attached hydrogen (secondary N) is 1. The highest BCUT2D eigenvalue weighted by atomic mass is 32.2. The summed E-state index contributed by atoms with van der Waals surface area (Å²) in [5.74, 6) is -1.68. The van der Waals surface area contributed by atoms with Crippen molar-refractivity contribution in [3.8, 4) is 0 Å². The lowest BCUT2D eigenvalue weighted by Gasteiger charge is -2.14. The third-order valence-corrected chi connectivity index (χ3v) is 5.40. The lowest BCUT2D eigenvalue weighted by atomic mass is 10.2. The number of benzene rings is 2. The molecule has 0 fully saturated rings. The number of hydrogen-bond donors (Lipinski definition) is 1. The Morgan fingerprint density at radius 2 is 1.81 bits per heavy atom. The van der Waals surface area contributed by atoms with Crippen LogP contribution < -0.4 is 4.72 Å². The summed E-state index contributed by atoms with van der Waals surface area (Å²) in [5, 5.41) is 0.957. The number of fused-ring (bicyclic) bond motifs is 1. The number of ether oxygens (including phenoxy) is 1. The second-order valence-electron chi connectivity index (χ2n) is 5.88. The molecule has 0 aliphatic heterocycles. The van der Waals surface area contributed by atoms with Crippen LogP contribution in [0.2, 0.25) is 0 Å². The van der Waals surface area contributed by atoms with E-state index in [-0.39, 0.29) is 6.61 Å². The normalized spacial score (nSPS) is 12.7. The molecule has 0 amide bonds. The smallest absolute Gasteiger partial charge is 0.324 e. The summed E-state index contributed by atoms with van der Waals surface area (Å²) in [6, 6.07) is 14.8. The van der Waals surface area contributed by atoms with E-state index < -0.39 is 32.7 Å². The molecule has 2 aromatic carbocycles. The fourth-order valence-electron chi connectivity index (χ4n) is 2.47. The molecule has 8 heteroatoms. The van der Waals surface area contributed by atoms with Crippen molar-refractivity contribution in [2.75, 3.05) is 0 Å². The van der Waals surface area contributed by atoms with E-state index in [9.17, 15) is 17.6 Å². The van der Waals surface area contributed by atoms with Crippen LogP contribution in [0.5, 0.6) is 0 Å². The van der Waals surface area contributed by atoms with Crippen LogP contribution >= 0.6 is 0 Å². The molecular formula is C19H17FN2O4S. The number of esters is 1. The van der Waals surface area contributed by atoms with E-state index in [0.29, 0.717) is 5.69 Å². The lowest BCUT2D eigenvalue weighted by molar-refractivity contribution is -0.146. The molecule has 0 saturated carbocycles. The van der Waals surface area contributed by atoms with Gasteiger partial charge in [0.1, 0.15) is 23.4 Å². The van der Waals surface area contributed by atoms with Crippen LogP contribution in [0, 0.1) is 5.82 Å². The van der Waals surface area contributed by atoms with Gasteiger partial charge >= 0.3 is 5.97 Å². The van der Waals surface area contributed by atoms with Crippen molar-refractivity contribution >= 4 is 26.9 Å². The monoisotopic (exact) mass is 388 g/mol. The zero-order chi connectivity index (χ0) is 19.4. The molecule has 0 radical (unpaired) electrons. The van der Waals surface area contributed by atoms with E-state index in [1.54, 1.807) is 6.07 Å². The Labute approximate surface area is 156 Å². The SMILES string of the molecule is C[C@H](NS(=O)(=O)c1ccccc1F)C(=O)OCc1ccc2ccccc2n1. The van der Waals surface area contributed by atoms with Crippen molar-refractivity contribution in [1.82, 2.24) is 9.71 Å². The van der Waals surface area contributed by atoms with Crippen LogP contribution in [0.15, 0.2) is 65.6 Å². The first kappa shape index (κ1) is 18.9. The van der Waals surface area contributed by atoms with E-state index >= 15 is 0 Å². The van der Waals surface area contributed by atoms with Gasteiger partial charge in [0.05, 0.1) is 11.2 Å². The van der Waals surface area contributed by atoms with Gasteiger partial charge in [0.2, 0.25) is 10.0 Å². The van der Waals surface area contributed by atoms with E-state index in [2.05, 4.69) is 9.71 Å². The lowest BCUT2D eigenvalue weighted by Crippen LogP contribution is -2.39. The average molecular weight is 388 g/mol. The van der Waals surface area contributed by atoms with E-state index in [4.69, 9.17) is 4.74 Å². The number of sulfonamides is 1. The highest BCUT2D eigenvalue weighted by molar-refractivity contribution is 7.89. The maximum Gasteiger partial charge on any atom is 0.324 e. The average Bonchev–Trinajstić information content (AvgIpc) is 2.65. The predicted molar refractivity (Wildman–Crippen MR) is 97.7 cm³/mol. The van der Waals surface area contributed by atoms with Gasteiger partial charge in [-0.3, -0.25) is 4.79 Å². The maximum absolute atomic E-state index is 13.7. The molecule has 6 nitrogen and oxygen atoms in total. The minimum Gasteiger partial charge on any atom is -0.458 e.